The van der Waals surface area contributed by atoms with Gasteiger partial charge < -0.3 is 17.9 Å². The smallest absolute Gasteiger partial charge is 0.514 e. The molecular weight excluding hydrogens is 105 g/mol. The second kappa shape index (κ2) is 2.23. The van der Waals surface area contributed by atoms with Crippen LogP contribution in [-0.4, -0.2) is 21.3 Å². The number of hydrogen-bond acceptors (Lipinski definition) is 2. The predicted molar refractivity (Wildman–Crippen MR) is 22.0 cm³/mol. The van der Waals surface area contributed by atoms with Crippen molar-refractivity contribution in [1.29, 1.82) is 0 Å². The number of rotatable bonds is 2. The highest BCUT2D eigenvalue weighted by Crippen LogP contribution is 2.05. The monoisotopic (exact) mass is 111 g/mol. The third-order valence-corrected chi connectivity index (χ3v) is 0.549. The quantitative estimate of drug-likeness (QED) is 0.487. The zero-order valence-corrected chi connectivity index (χ0v) is 4.15. The molecule has 0 saturated heterocycles. The minimum Gasteiger partial charge on any atom is -0.514 e. The predicted octanol–water partition coefficient (Wildman–Crippen LogP) is 0.654. The molecule has 0 amide bonds. The molecule has 0 aromatic heterocycles. The summed E-state index contributed by atoms with van der Waals surface area (Å²) in [7, 11) is -2.19. The van der Waals surface area contributed by atoms with Crippen molar-refractivity contribution in [3.63, 3.8) is 0 Å². The van der Waals surface area contributed by atoms with E-state index in [1.54, 1.807) is 0 Å². The summed E-state index contributed by atoms with van der Waals surface area (Å²) in [5.74, 6) is 0. The Morgan fingerprint density at radius 1 is 1.14 bits per heavy atom. The third-order valence-electron chi connectivity index (χ3n) is 0.549. The Morgan fingerprint density at radius 2 is 1.43 bits per heavy atom. The molecule has 0 heterocycles. The van der Waals surface area contributed by atoms with Gasteiger partial charge in [0, 0.05) is 0 Å². The van der Waals surface area contributed by atoms with Crippen LogP contribution in [0.1, 0.15) is 0 Å². The van der Waals surface area contributed by atoms with Crippen molar-refractivity contribution in [2.45, 2.75) is 0 Å². The number of halogens is 2. The van der Waals surface area contributed by atoms with Crippen LogP contribution >= 0.6 is 0 Å². The Bertz CT molecular complexity index is 51.7. The summed E-state index contributed by atoms with van der Waals surface area (Å²) in [6.07, 6.45) is 0. The van der Waals surface area contributed by atoms with Crippen LogP contribution in [-0.2, 0) is 9.31 Å². The third kappa shape index (κ3) is 2.53. The Kier molecular flexibility index (Phi) is 2.18. The first-order valence-corrected chi connectivity index (χ1v) is 1.72. The van der Waals surface area contributed by atoms with Crippen molar-refractivity contribution in [2.24, 2.45) is 0 Å². The summed E-state index contributed by atoms with van der Waals surface area (Å²) in [4.78, 5) is 0. The van der Waals surface area contributed by atoms with Gasteiger partial charge in [0.2, 0.25) is 0 Å². The average molecular weight is 111 g/mol. The summed E-state index contributed by atoms with van der Waals surface area (Å²) in [6, 6.07) is 0. The van der Waals surface area contributed by atoms with Crippen LogP contribution in [0.5, 0.6) is 0 Å². The lowest BCUT2D eigenvalue weighted by atomic mass is 10.2. The first kappa shape index (κ1) is 6.84. The molecule has 0 fully saturated rings. The second-order valence-electron chi connectivity index (χ2n) is 1.01. The largest absolute Gasteiger partial charge is 0.601 e. The molecule has 0 N–H and O–H groups in total. The zero-order valence-electron chi connectivity index (χ0n) is 4.15. The first-order chi connectivity index (χ1) is 3.12. The van der Waals surface area contributed by atoms with Gasteiger partial charge in [0.15, 0.2) is 0 Å². The van der Waals surface area contributed by atoms with Crippen molar-refractivity contribution in [2.75, 3.05) is 14.2 Å². The van der Waals surface area contributed by atoms with Gasteiger partial charge >= 0.3 is 7.11 Å². The van der Waals surface area contributed by atoms with Crippen molar-refractivity contribution in [3.05, 3.63) is 0 Å². The van der Waals surface area contributed by atoms with Gasteiger partial charge in [-0.25, -0.2) is 0 Å². The molecule has 0 saturated carbocycles. The van der Waals surface area contributed by atoms with Crippen molar-refractivity contribution < 1.29 is 17.9 Å². The van der Waals surface area contributed by atoms with Crippen LogP contribution in [0, 0.1) is 0 Å². The molecule has 7 heavy (non-hydrogen) atoms. The molecule has 2 nitrogen and oxygen atoms in total. The van der Waals surface area contributed by atoms with E-state index in [0.29, 0.717) is 0 Å². The van der Waals surface area contributed by atoms with Crippen LogP contribution < -0.4 is 0 Å². The summed E-state index contributed by atoms with van der Waals surface area (Å²) in [6.45, 7) is 0. The van der Waals surface area contributed by atoms with Crippen molar-refractivity contribution >= 4 is 7.11 Å². The topological polar surface area (TPSA) is 18.5 Å². The average Bonchev–Trinajstić information content (AvgIpc) is 1.68. The van der Waals surface area contributed by atoms with E-state index < -0.39 is 7.11 Å². The Labute approximate surface area is 40.5 Å². The maximum absolute atomic E-state index is 11.5. The fourth-order valence-corrected chi connectivity index (χ4v) is 0.0962. The van der Waals surface area contributed by atoms with Crippen LogP contribution in [0.25, 0.3) is 0 Å². The highest BCUT2D eigenvalue weighted by molar-refractivity contribution is 6.51. The SMILES string of the molecule is CO[B-](F)(F)OC. The molecule has 0 radical (unpaired) electrons. The molecule has 0 aliphatic heterocycles. The summed E-state index contributed by atoms with van der Waals surface area (Å²) >= 11 is 0. The summed E-state index contributed by atoms with van der Waals surface area (Å²) < 4.78 is 30.2. The highest BCUT2D eigenvalue weighted by Gasteiger charge is 2.23. The lowest BCUT2D eigenvalue weighted by Crippen LogP contribution is -2.28. The molecule has 0 bridgehead atoms. The standard InChI is InChI=1S/C2H6BF2O2/c1-6-3(4,5)7-2/h1-2H3/q-1. The lowest BCUT2D eigenvalue weighted by Gasteiger charge is -2.18. The van der Waals surface area contributed by atoms with E-state index >= 15 is 0 Å². The fraction of sp³-hybridized carbons (Fsp3) is 1.00. The van der Waals surface area contributed by atoms with Crippen molar-refractivity contribution in [3.8, 4) is 0 Å². The highest BCUT2D eigenvalue weighted by atomic mass is 19.3. The molecule has 0 spiro atoms. The van der Waals surface area contributed by atoms with E-state index in [9.17, 15) is 8.63 Å². The van der Waals surface area contributed by atoms with E-state index in [1.807, 2.05) is 0 Å². The van der Waals surface area contributed by atoms with Gasteiger partial charge in [-0.1, -0.05) is 0 Å². The summed E-state index contributed by atoms with van der Waals surface area (Å²) in [5.41, 5.74) is 0. The van der Waals surface area contributed by atoms with E-state index in [0.717, 1.165) is 14.2 Å². The maximum Gasteiger partial charge on any atom is 0.601 e. The van der Waals surface area contributed by atoms with E-state index in [4.69, 9.17) is 0 Å². The van der Waals surface area contributed by atoms with Gasteiger partial charge in [-0.3, -0.25) is 0 Å². The fourth-order valence-electron chi connectivity index (χ4n) is 0.0962. The van der Waals surface area contributed by atoms with Crippen molar-refractivity contribution in [1.82, 2.24) is 0 Å². The molecule has 0 aromatic carbocycles. The lowest BCUT2D eigenvalue weighted by molar-refractivity contribution is 0.141. The van der Waals surface area contributed by atoms with Gasteiger partial charge in [-0.15, -0.1) is 0 Å². The van der Waals surface area contributed by atoms with Crippen LogP contribution in [0.4, 0.5) is 8.63 Å². The Balaban J connectivity index is 3.36. The maximum atomic E-state index is 11.5. The summed E-state index contributed by atoms with van der Waals surface area (Å²) in [5, 5.41) is 0. The Morgan fingerprint density at radius 3 is 1.43 bits per heavy atom. The minimum absolute atomic E-state index is 0.892. The molecule has 0 rings (SSSR count). The molecule has 0 atom stereocenters. The zero-order chi connectivity index (χ0) is 5.91. The van der Waals surface area contributed by atoms with E-state index in [1.165, 1.54) is 0 Å². The Hall–Kier alpha value is -0.155. The molecular formula is C2H6BF2O2-. The first-order valence-electron chi connectivity index (χ1n) is 1.72. The molecule has 0 aliphatic rings. The number of hydrogen-bond donors (Lipinski definition) is 0. The van der Waals surface area contributed by atoms with Gasteiger partial charge in [-0.05, 0) is 14.2 Å². The minimum atomic E-state index is -3.97. The molecule has 0 unspecified atom stereocenters. The van der Waals surface area contributed by atoms with Gasteiger partial charge in [0.05, 0.1) is 0 Å². The molecule has 0 aromatic rings. The normalized spacial score (nSPS) is 12.0. The van der Waals surface area contributed by atoms with Gasteiger partial charge in [0.1, 0.15) is 0 Å². The molecule has 5 heteroatoms. The van der Waals surface area contributed by atoms with E-state index in [-0.39, 0.29) is 0 Å². The second-order valence-corrected chi connectivity index (χ2v) is 1.01. The molecule has 0 aliphatic carbocycles. The van der Waals surface area contributed by atoms with Gasteiger partial charge in [-0.2, -0.15) is 0 Å². The van der Waals surface area contributed by atoms with Crippen LogP contribution in [0.2, 0.25) is 0 Å². The van der Waals surface area contributed by atoms with Crippen LogP contribution in [0.15, 0.2) is 0 Å². The van der Waals surface area contributed by atoms with Gasteiger partial charge in [0.25, 0.3) is 0 Å². The van der Waals surface area contributed by atoms with E-state index in [2.05, 4.69) is 9.31 Å². The molecule has 44 valence electrons. The van der Waals surface area contributed by atoms with Crippen LogP contribution in [0.3, 0.4) is 0 Å².